The van der Waals surface area contributed by atoms with E-state index < -0.39 is 17.7 Å². The quantitative estimate of drug-likeness (QED) is 0.760. The topological polar surface area (TPSA) is 102 Å². The van der Waals surface area contributed by atoms with E-state index in [9.17, 15) is 9.90 Å². The predicted molar refractivity (Wildman–Crippen MR) is 58.0 cm³/mol. The van der Waals surface area contributed by atoms with Crippen LogP contribution in [0.25, 0.3) is 0 Å². The summed E-state index contributed by atoms with van der Waals surface area (Å²) in [5.74, 6) is 0.360. The number of carbonyl (C=O) groups excluding carboxylic acids is 1. The van der Waals surface area contributed by atoms with Gasteiger partial charge in [-0.25, -0.2) is 9.48 Å². The SMILES string of the molecule is Cn1nnnc1[C@H](CO)NC(=O)OC(C)(C)C. The van der Waals surface area contributed by atoms with E-state index >= 15 is 0 Å². The van der Waals surface area contributed by atoms with Crippen LogP contribution in [0.3, 0.4) is 0 Å². The van der Waals surface area contributed by atoms with Gasteiger partial charge in [-0.1, -0.05) is 0 Å². The lowest BCUT2D eigenvalue weighted by atomic mass is 10.2. The molecule has 0 aromatic carbocycles. The van der Waals surface area contributed by atoms with E-state index in [1.807, 2.05) is 0 Å². The minimum atomic E-state index is -0.690. The number of tetrazole rings is 1. The van der Waals surface area contributed by atoms with Crippen molar-refractivity contribution in [1.29, 1.82) is 0 Å². The molecule has 0 radical (unpaired) electrons. The smallest absolute Gasteiger partial charge is 0.408 e. The Balaban J connectivity index is 2.66. The van der Waals surface area contributed by atoms with E-state index in [1.165, 1.54) is 4.68 Å². The number of ether oxygens (including phenoxy) is 1. The summed E-state index contributed by atoms with van der Waals surface area (Å²) in [6.07, 6.45) is -0.625. The average molecular weight is 243 g/mol. The van der Waals surface area contributed by atoms with Crippen molar-refractivity contribution in [3.63, 3.8) is 0 Å². The van der Waals surface area contributed by atoms with Crippen molar-refractivity contribution in [2.24, 2.45) is 7.05 Å². The molecule has 0 saturated heterocycles. The number of hydrogen-bond donors (Lipinski definition) is 2. The van der Waals surface area contributed by atoms with Gasteiger partial charge in [0.25, 0.3) is 0 Å². The van der Waals surface area contributed by atoms with Gasteiger partial charge in [-0.05, 0) is 31.2 Å². The maximum atomic E-state index is 11.5. The number of aromatic nitrogens is 4. The molecule has 1 rings (SSSR count). The first kappa shape index (κ1) is 13.4. The second-order valence-corrected chi connectivity index (χ2v) is 4.54. The van der Waals surface area contributed by atoms with E-state index in [0.29, 0.717) is 5.82 Å². The summed E-state index contributed by atoms with van der Waals surface area (Å²) in [5, 5.41) is 22.4. The minimum Gasteiger partial charge on any atom is -0.444 e. The number of rotatable bonds is 3. The third-order valence-electron chi connectivity index (χ3n) is 1.84. The molecule has 0 saturated carbocycles. The minimum absolute atomic E-state index is 0.312. The number of nitrogens with one attached hydrogen (secondary N) is 1. The second-order valence-electron chi connectivity index (χ2n) is 4.54. The molecule has 0 aliphatic heterocycles. The number of alkyl carbamates (subject to hydrolysis) is 1. The highest BCUT2D eigenvalue weighted by atomic mass is 16.6. The molecule has 8 heteroatoms. The van der Waals surface area contributed by atoms with Crippen molar-refractivity contribution in [3.05, 3.63) is 5.82 Å². The van der Waals surface area contributed by atoms with E-state index in [1.54, 1.807) is 27.8 Å². The first-order chi connectivity index (χ1) is 7.83. The van der Waals surface area contributed by atoms with Gasteiger partial charge in [0.05, 0.1) is 6.61 Å². The highest BCUT2D eigenvalue weighted by Gasteiger charge is 2.23. The van der Waals surface area contributed by atoms with Crippen molar-refractivity contribution in [1.82, 2.24) is 25.5 Å². The third kappa shape index (κ3) is 3.99. The van der Waals surface area contributed by atoms with Crippen LogP contribution in [0.4, 0.5) is 4.79 Å². The standard InChI is InChI=1S/C9H17N5O3/c1-9(2,3)17-8(16)10-6(5-15)7-11-12-13-14(7)4/h6,15H,5H2,1-4H3,(H,10,16)/t6-/m0/s1. The number of carbonyl (C=O) groups is 1. The Labute approximate surface area is 99.0 Å². The average Bonchev–Trinajstić information content (AvgIpc) is 2.58. The summed E-state index contributed by atoms with van der Waals surface area (Å²) in [5.41, 5.74) is -0.595. The van der Waals surface area contributed by atoms with Gasteiger partial charge in [0.2, 0.25) is 0 Å². The summed E-state index contributed by atoms with van der Waals surface area (Å²) in [6, 6.07) is -0.690. The van der Waals surface area contributed by atoms with Gasteiger partial charge < -0.3 is 15.2 Å². The molecule has 1 atom stereocenters. The first-order valence-corrected chi connectivity index (χ1v) is 5.16. The number of amides is 1. The van der Waals surface area contributed by atoms with Crippen molar-refractivity contribution < 1.29 is 14.6 Å². The summed E-state index contributed by atoms with van der Waals surface area (Å²) in [7, 11) is 1.62. The molecule has 0 aliphatic rings. The molecule has 0 bridgehead atoms. The Hall–Kier alpha value is -1.70. The Bertz CT molecular complexity index is 384. The van der Waals surface area contributed by atoms with Crippen LogP contribution in [0.1, 0.15) is 32.6 Å². The lowest BCUT2D eigenvalue weighted by molar-refractivity contribution is 0.0477. The first-order valence-electron chi connectivity index (χ1n) is 5.16. The molecule has 2 N–H and O–H groups in total. The molecule has 0 aliphatic carbocycles. The molecule has 1 amide bonds. The van der Waals surface area contributed by atoms with E-state index in [0.717, 1.165) is 0 Å². The van der Waals surface area contributed by atoms with Crippen molar-refractivity contribution >= 4 is 6.09 Å². The van der Waals surface area contributed by atoms with Crippen molar-refractivity contribution in [3.8, 4) is 0 Å². The number of aliphatic hydroxyl groups is 1. The van der Waals surface area contributed by atoms with Gasteiger partial charge in [0, 0.05) is 7.05 Å². The Morgan fingerprint density at radius 3 is 2.65 bits per heavy atom. The van der Waals surface area contributed by atoms with Crippen LogP contribution >= 0.6 is 0 Å². The van der Waals surface area contributed by atoms with Crippen LogP contribution in [0, 0.1) is 0 Å². The van der Waals surface area contributed by atoms with Gasteiger partial charge in [0.15, 0.2) is 5.82 Å². The van der Waals surface area contributed by atoms with Gasteiger partial charge in [-0.15, -0.1) is 5.10 Å². The van der Waals surface area contributed by atoms with Crippen molar-refractivity contribution in [2.45, 2.75) is 32.4 Å². The lowest BCUT2D eigenvalue weighted by Crippen LogP contribution is -2.37. The molecule has 96 valence electrons. The normalized spacial score (nSPS) is 13.2. The Morgan fingerprint density at radius 2 is 2.24 bits per heavy atom. The van der Waals surface area contributed by atoms with Crippen LogP contribution in [0.2, 0.25) is 0 Å². The monoisotopic (exact) mass is 243 g/mol. The maximum Gasteiger partial charge on any atom is 0.408 e. The van der Waals surface area contributed by atoms with Crippen LogP contribution < -0.4 is 5.32 Å². The zero-order valence-electron chi connectivity index (χ0n) is 10.3. The Kier molecular flexibility index (Phi) is 4.00. The fourth-order valence-electron chi connectivity index (χ4n) is 1.17. The van der Waals surface area contributed by atoms with Crippen molar-refractivity contribution in [2.75, 3.05) is 6.61 Å². The largest absolute Gasteiger partial charge is 0.444 e. The zero-order chi connectivity index (χ0) is 13.1. The third-order valence-corrected chi connectivity index (χ3v) is 1.84. The van der Waals surface area contributed by atoms with Gasteiger partial charge in [-0.2, -0.15) is 0 Å². The number of aliphatic hydroxyl groups excluding tert-OH is 1. The zero-order valence-corrected chi connectivity index (χ0v) is 10.3. The van der Waals surface area contributed by atoms with E-state index in [2.05, 4.69) is 20.8 Å². The number of nitrogens with zero attached hydrogens (tertiary/aromatic N) is 4. The summed E-state index contributed by atoms with van der Waals surface area (Å²) < 4.78 is 6.44. The van der Waals surface area contributed by atoms with E-state index in [4.69, 9.17) is 4.74 Å². The molecule has 0 fully saturated rings. The fourth-order valence-corrected chi connectivity index (χ4v) is 1.17. The van der Waals surface area contributed by atoms with Gasteiger partial charge in [-0.3, -0.25) is 0 Å². The highest BCUT2D eigenvalue weighted by molar-refractivity contribution is 5.68. The molecule has 1 aromatic heterocycles. The summed E-state index contributed by atoms with van der Waals surface area (Å²) in [4.78, 5) is 11.5. The van der Waals surface area contributed by atoms with Crippen LogP contribution in [0.15, 0.2) is 0 Å². The molecule has 0 unspecified atom stereocenters. The molecular weight excluding hydrogens is 226 g/mol. The molecular formula is C9H17N5O3. The predicted octanol–water partition coefficient (Wildman–Crippen LogP) is -0.232. The lowest BCUT2D eigenvalue weighted by Gasteiger charge is -2.22. The molecule has 1 aromatic rings. The van der Waals surface area contributed by atoms with Crippen LogP contribution in [0.5, 0.6) is 0 Å². The van der Waals surface area contributed by atoms with Gasteiger partial charge >= 0.3 is 6.09 Å². The molecule has 17 heavy (non-hydrogen) atoms. The molecule has 8 nitrogen and oxygen atoms in total. The van der Waals surface area contributed by atoms with E-state index in [-0.39, 0.29) is 6.61 Å². The highest BCUT2D eigenvalue weighted by Crippen LogP contribution is 2.10. The fraction of sp³-hybridized carbons (Fsp3) is 0.778. The van der Waals surface area contributed by atoms with Crippen LogP contribution in [-0.2, 0) is 11.8 Å². The number of aryl methyl sites for hydroxylation is 1. The van der Waals surface area contributed by atoms with Crippen LogP contribution in [-0.4, -0.2) is 43.6 Å². The molecule has 0 spiro atoms. The second kappa shape index (κ2) is 5.09. The summed E-state index contributed by atoms with van der Waals surface area (Å²) in [6.45, 7) is 4.95. The van der Waals surface area contributed by atoms with Gasteiger partial charge in [0.1, 0.15) is 11.6 Å². The molecule has 1 heterocycles. The maximum absolute atomic E-state index is 11.5. The number of hydrogen-bond acceptors (Lipinski definition) is 6. The Morgan fingerprint density at radius 1 is 1.59 bits per heavy atom. The summed E-state index contributed by atoms with van der Waals surface area (Å²) >= 11 is 0.